The molecule has 9 heteroatoms. The Morgan fingerprint density at radius 2 is 1.42 bits per heavy atom. The number of hydrogen-bond donors (Lipinski definition) is 2. The number of aliphatic hydroxyl groups is 1. The highest BCUT2D eigenvalue weighted by molar-refractivity contribution is 5.85. The largest absolute Gasteiger partial charge is 0.478 e. The molecule has 0 aromatic rings. The van der Waals surface area contributed by atoms with Gasteiger partial charge in [0.25, 0.3) is 5.60 Å². The minimum atomic E-state index is -5.84. The number of carboxylic acid groups (broad SMARTS) is 1. The minimum Gasteiger partial charge on any atom is -0.478 e. The third-order valence-corrected chi connectivity index (χ3v) is 2.51. The van der Waals surface area contributed by atoms with Crippen LogP contribution in [0.25, 0.3) is 0 Å². The van der Waals surface area contributed by atoms with Crippen LogP contribution < -0.4 is 0 Å². The third-order valence-electron chi connectivity index (χ3n) is 2.51. The Kier molecular flexibility index (Phi) is 5.42. The van der Waals surface area contributed by atoms with Crippen molar-refractivity contribution >= 4 is 5.97 Å². The SMILES string of the molecule is C=C(CCCCC(O)(C(F)(F)F)C(F)(F)F)C(=O)O. The zero-order chi connectivity index (χ0) is 15.5. The molecule has 0 atom stereocenters. The summed E-state index contributed by atoms with van der Waals surface area (Å²) in [5.41, 5.74) is -5.09. The van der Waals surface area contributed by atoms with E-state index in [4.69, 9.17) is 10.2 Å². The molecule has 0 aliphatic carbocycles. The van der Waals surface area contributed by atoms with E-state index in [2.05, 4.69) is 6.58 Å². The van der Waals surface area contributed by atoms with Crippen molar-refractivity contribution in [3.05, 3.63) is 12.2 Å². The van der Waals surface area contributed by atoms with Gasteiger partial charge < -0.3 is 10.2 Å². The summed E-state index contributed by atoms with van der Waals surface area (Å²) in [6, 6.07) is 0. The van der Waals surface area contributed by atoms with Gasteiger partial charge in [0.2, 0.25) is 0 Å². The zero-order valence-corrected chi connectivity index (χ0v) is 9.61. The summed E-state index contributed by atoms with van der Waals surface area (Å²) < 4.78 is 73.4. The Morgan fingerprint density at radius 3 is 1.74 bits per heavy atom. The van der Waals surface area contributed by atoms with Crippen LogP contribution >= 0.6 is 0 Å². The second-order valence-electron chi connectivity index (χ2n) is 3.97. The van der Waals surface area contributed by atoms with Crippen molar-refractivity contribution < 1.29 is 41.4 Å². The Labute approximate surface area is 104 Å². The number of rotatable bonds is 6. The normalized spacial score (nSPS) is 13.4. The fourth-order valence-corrected chi connectivity index (χ4v) is 1.27. The van der Waals surface area contributed by atoms with Crippen LogP contribution in [0.5, 0.6) is 0 Å². The molecule has 0 saturated carbocycles. The Morgan fingerprint density at radius 1 is 1.00 bits per heavy atom. The number of carboxylic acids is 1. The molecular weight excluding hydrogens is 282 g/mol. The van der Waals surface area contributed by atoms with E-state index in [0.717, 1.165) is 0 Å². The maximum absolute atomic E-state index is 12.2. The van der Waals surface area contributed by atoms with E-state index in [1.807, 2.05) is 0 Å². The van der Waals surface area contributed by atoms with Gasteiger partial charge in [-0.15, -0.1) is 0 Å². The highest BCUT2D eigenvalue weighted by atomic mass is 19.4. The van der Waals surface area contributed by atoms with Gasteiger partial charge in [-0.1, -0.05) is 6.58 Å². The number of aliphatic carboxylic acids is 1. The van der Waals surface area contributed by atoms with Gasteiger partial charge in [0.1, 0.15) is 0 Å². The first kappa shape index (κ1) is 17.8. The van der Waals surface area contributed by atoms with Gasteiger partial charge in [-0.05, 0) is 25.7 Å². The molecule has 0 amide bonds. The standard InChI is InChI=1S/C10H12F6O3/c1-6(7(17)18)4-2-3-5-8(19,9(11,12)13)10(14,15)16/h19H,1-5H2,(H,17,18). The topological polar surface area (TPSA) is 57.5 Å². The van der Waals surface area contributed by atoms with E-state index in [9.17, 15) is 31.1 Å². The maximum Gasteiger partial charge on any atom is 0.426 e. The lowest BCUT2D eigenvalue weighted by molar-refractivity contribution is -0.370. The summed E-state index contributed by atoms with van der Waals surface area (Å²) >= 11 is 0. The molecule has 2 N–H and O–H groups in total. The molecule has 0 spiro atoms. The van der Waals surface area contributed by atoms with Crippen molar-refractivity contribution in [1.82, 2.24) is 0 Å². The van der Waals surface area contributed by atoms with Crippen LogP contribution in [0.15, 0.2) is 12.2 Å². The maximum atomic E-state index is 12.2. The molecule has 0 rings (SSSR count). The van der Waals surface area contributed by atoms with Gasteiger partial charge in [0.15, 0.2) is 0 Å². The van der Waals surface area contributed by atoms with Gasteiger partial charge in [0, 0.05) is 5.57 Å². The van der Waals surface area contributed by atoms with E-state index in [1.54, 1.807) is 0 Å². The summed E-state index contributed by atoms with van der Waals surface area (Å²) in [5, 5.41) is 17.2. The first-order valence-corrected chi connectivity index (χ1v) is 5.10. The second kappa shape index (κ2) is 5.81. The first-order chi connectivity index (χ1) is 8.33. The monoisotopic (exact) mass is 294 g/mol. The van der Waals surface area contributed by atoms with Crippen molar-refractivity contribution in [2.75, 3.05) is 0 Å². The summed E-state index contributed by atoms with van der Waals surface area (Å²) in [4.78, 5) is 10.3. The summed E-state index contributed by atoms with van der Waals surface area (Å²) in [6.07, 6.45) is -14.4. The average molecular weight is 294 g/mol. The summed E-state index contributed by atoms with van der Waals surface area (Å²) in [7, 11) is 0. The molecule has 0 fully saturated rings. The van der Waals surface area contributed by atoms with Crippen LogP contribution in [0.1, 0.15) is 25.7 Å². The van der Waals surface area contributed by atoms with E-state index < -0.39 is 36.8 Å². The number of alkyl halides is 6. The molecule has 112 valence electrons. The summed E-state index contributed by atoms with van der Waals surface area (Å²) in [6.45, 7) is 3.08. The van der Waals surface area contributed by atoms with E-state index in [0.29, 0.717) is 0 Å². The molecule has 0 heterocycles. The Balaban J connectivity index is 4.56. The molecule has 0 aliphatic heterocycles. The van der Waals surface area contributed by atoms with Crippen molar-refractivity contribution in [3.63, 3.8) is 0 Å². The van der Waals surface area contributed by atoms with Gasteiger partial charge in [0.05, 0.1) is 0 Å². The quantitative estimate of drug-likeness (QED) is 0.450. The lowest BCUT2D eigenvalue weighted by Crippen LogP contribution is -2.56. The highest BCUT2D eigenvalue weighted by Crippen LogP contribution is 2.46. The van der Waals surface area contributed by atoms with E-state index in [1.165, 1.54) is 0 Å². The van der Waals surface area contributed by atoms with Crippen molar-refractivity contribution in [1.29, 1.82) is 0 Å². The smallest absolute Gasteiger partial charge is 0.426 e. The number of carbonyl (C=O) groups is 1. The van der Waals surface area contributed by atoms with Gasteiger partial charge >= 0.3 is 18.3 Å². The van der Waals surface area contributed by atoms with Crippen molar-refractivity contribution in [2.45, 2.75) is 43.6 Å². The molecule has 0 aromatic heterocycles. The number of halogens is 6. The van der Waals surface area contributed by atoms with Crippen LogP contribution in [0.2, 0.25) is 0 Å². The van der Waals surface area contributed by atoms with Crippen LogP contribution in [0.3, 0.4) is 0 Å². The van der Waals surface area contributed by atoms with Crippen LogP contribution in [-0.4, -0.2) is 34.1 Å². The molecule has 0 aromatic carbocycles. The molecule has 0 saturated heterocycles. The first-order valence-electron chi connectivity index (χ1n) is 5.10. The molecule has 19 heavy (non-hydrogen) atoms. The fourth-order valence-electron chi connectivity index (χ4n) is 1.27. The van der Waals surface area contributed by atoms with E-state index in [-0.39, 0.29) is 18.4 Å². The molecule has 3 nitrogen and oxygen atoms in total. The lowest BCUT2D eigenvalue weighted by atomic mass is 9.94. The van der Waals surface area contributed by atoms with Crippen LogP contribution in [0, 0.1) is 0 Å². The third kappa shape index (κ3) is 4.41. The predicted molar refractivity (Wildman–Crippen MR) is 52.3 cm³/mol. The minimum absolute atomic E-state index is 0.249. The number of unbranched alkanes of at least 4 members (excludes halogenated alkanes) is 1. The van der Waals surface area contributed by atoms with Crippen LogP contribution in [0.4, 0.5) is 26.3 Å². The molecular formula is C10H12F6O3. The highest BCUT2D eigenvalue weighted by Gasteiger charge is 2.69. The molecule has 0 unspecified atom stereocenters. The van der Waals surface area contributed by atoms with Gasteiger partial charge in [-0.2, -0.15) is 26.3 Å². The van der Waals surface area contributed by atoms with Gasteiger partial charge in [-0.25, -0.2) is 4.79 Å². The van der Waals surface area contributed by atoms with E-state index >= 15 is 0 Å². The van der Waals surface area contributed by atoms with Crippen molar-refractivity contribution in [2.24, 2.45) is 0 Å². The number of hydrogen-bond acceptors (Lipinski definition) is 2. The lowest BCUT2D eigenvalue weighted by Gasteiger charge is -2.32. The van der Waals surface area contributed by atoms with Crippen molar-refractivity contribution in [3.8, 4) is 0 Å². The van der Waals surface area contributed by atoms with Gasteiger partial charge in [-0.3, -0.25) is 0 Å². The fraction of sp³-hybridized carbons (Fsp3) is 0.700. The molecule has 0 aliphatic rings. The second-order valence-corrected chi connectivity index (χ2v) is 3.97. The predicted octanol–water partition coefficient (Wildman–Crippen LogP) is 3.04. The Hall–Kier alpha value is -1.25. The molecule has 0 radical (unpaired) electrons. The Bertz CT molecular complexity index is 330. The average Bonchev–Trinajstić information content (AvgIpc) is 2.20. The molecule has 0 bridgehead atoms. The zero-order valence-electron chi connectivity index (χ0n) is 9.61. The summed E-state index contributed by atoms with van der Waals surface area (Å²) in [5.74, 6) is -1.37. The van der Waals surface area contributed by atoms with Crippen LogP contribution in [-0.2, 0) is 4.79 Å².